The quantitative estimate of drug-likeness (QED) is 0.471. The number of nitrogens with one attached hydrogen (secondary N) is 1. The van der Waals surface area contributed by atoms with Gasteiger partial charge >= 0.3 is 0 Å². The molecule has 2 saturated carbocycles. The molecule has 2 bridgehead atoms. The predicted octanol–water partition coefficient (Wildman–Crippen LogP) is 1.01. The molecular weight excluding hydrogens is 190 g/mol. The highest BCUT2D eigenvalue weighted by atomic mass is 16.2. The summed E-state index contributed by atoms with van der Waals surface area (Å²) in [6, 6.07) is 0. The lowest BCUT2D eigenvalue weighted by atomic mass is 9.61. The lowest BCUT2D eigenvalue weighted by Crippen LogP contribution is -2.43. The van der Waals surface area contributed by atoms with Crippen LogP contribution < -0.4 is 5.32 Å². The van der Waals surface area contributed by atoms with Crippen LogP contribution in [0.15, 0.2) is 12.2 Å². The molecule has 15 heavy (non-hydrogen) atoms. The van der Waals surface area contributed by atoms with Crippen LogP contribution in [0.1, 0.15) is 25.7 Å². The number of rotatable bonds is 0. The van der Waals surface area contributed by atoms with Crippen LogP contribution in [0.25, 0.3) is 0 Å². The second-order valence-corrected chi connectivity index (χ2v) is 5.41. The van der Waals surface area contributed by atoms with Crippen LogP contribution >= 0.6 is 0 Å². The number of fused-ring (bicyclic) bond motifs is 2. The standard InChI is InChI=1S/C12H13NO2/c14-9-11-4-1-5-12(11,10(15)13-9)8-3-2-7(11)6-8/h2-3,7-8H,1,4-6H2,(H,13,14,15). The molecule has 78 valence electrons. The van der Waals surface area contributed by atoms with E-state index in [1.807, 2.05) is 0 Å². The Balaban J connectivity index is 2.05. The molecule has 0 aromatic rings. The molecule has 1 aliphatic heterocycles. The number of hydrogen-bond acceptors (Lipinski definition) is 2. The third-order valence-electron chi connectivity index (χ3n) is 5.33. The third-order valence-corrected chi connectivity index (χ3v) is 5.33. The topological polar surface area (TPSA) is 46.2 Å². The molecule has 1 heterocycles. The van der Waals surface area contributed by atoms with E-state index in [1.165, 1.54) is 0 Å². The van der Waals surface area contributed by atoms with E-state index in [0.717, 1.165) is 25.7 Å². The van der Waals surface area contributed by atoms with Gasteiger partial charge in [0.2, 0.25) is 11.8 Å². The number of amides is 2. The smallest absolute Gasteiger partial charge is 0.234 e. The first kappa shape index (κ1) is 8.08. The maximum Gasteiger partial charge on any atom is 0.234 e. The first-order chi connectivity index (χ1) is 7.22. The molecule has 3 nitrogen and oxygen atoms in total. The third kappa shape index (κ3) is 0.545. The highest BCUT2D eigenvalue weighted by Crippen LogP contribution is 2.73. The van der Waals surface area contributed by atoms with Crippen molar-refractivity contribution in [1.82, 2.24) is 5.32 Å². The highest BCUT2D eigenvalue weighted by molar-refractivity contribution is 6.11. The molecule has 1 saturated heterocycles. The van der Waals surface area contributed by atoms with Gasteiger partial charge in [-0.15, -0.1) is 0 Å². The highest BCUT2D eigenvalue weighted by Gasteiger charge is 2.77. The fourth-order valence-corrected chi connectivity index (χ4v) is 4.85. The molecule has 4 aliphatic rings. The number of hydrogen-bond donors (Lipinski definition) is 1. The Bertz CT molecular complexity index is 391. The molecule has 0 spiro atoms. The van der Waals surface area contributed by atoms with E-state index in [1.54, 1.807) is 0 Å². The molecule has 2 amide bonds. The SMILES string of the molecule is O=C1NC(=O)C23CCCC12C1C=CC3C1. The molecule has 0 aromatic heterocycles. The Morgan fingerprint density at radius 1 is 1.07 bits per heavy atom. The van der Waals surface area contributed by atoms with Crippen molar-refractivity contribution in [1.29, 1.82) is 0 Å². The lowest BCUT2D eigenvalue weighted by Gasteiger charge is -2.36. The van der Waals surface area contributed by atoms with Crippen molar-refractivity contribution < 1.29 is 9.59 Å². The normalized spacial score (nSPS) is 54.7. The van der Waals surface area contributed by atoms with E-state index in [0.29, 0.717) is 11.8 Å². The van der Waals surface area contributed by atoms with Crippen LogP contribution in [-0.2, 0) is 9.59 Å². The fourth-order valence-electron chi connectivity index (χ4n) is 4.85. The molecule has 1 N–H and O–H groups in total. The van der Waals surface area contributed by atoms with Crippen molar-refractivity contribution in [3.63, 3.8) is 0 Å². The second-order valence-electron chi connectivity index (χ2n) is 5.41. The van der Waals surface area contributed by atoms with E-state index in [-0.39, 0.29) is 22.6 Å². The zero-order valence-corrected chi connectivity index (χ0v) is 8.45. The summed E-state index contributed by atoms with van der Waals surface area (Å²) in [4.78, 5) is 24.2. The van der Waals surface area contributed by atoms with Gasteiger partial charge < -0.3 is 0 Å². The molecule has 3 heteroatoms. The predicted molar refractivity (Wildman–Crippen MR) is 52.6 cm³/mol. The van der Waals surface area contributed by atoms with Gasteiger partial charge in [0.25, 0.3) is 0 Å². The summed E-state index contributed by atoms with van der Waals surface area (Å²) in [5.74, 6) is 0.691. The van der Waals surface area contributed by atoms with Crippen molar-refractivity contribution in [3.8, 4) is 0 Å². The number of allylic oxidation sites excluding steroid dienone is 2. The zero-order valence-electron chi connectivity index (χ0n) is 8.45. The van der Waals surface area contributed by atoms with Crippen LogP contribution in [0, 0.1) is 22.7 Å². The molecule has 4 unspecified atom stereocenters. The number of carbonyl (C=O) groups is 2. The molecular formula is C12H13NO2. The largest absolute Gasteiger partial charge is 0.295 e. The summed E-state index contributed by atoms with van der Waals surface area (Å²) in [6.07, 6.45) is 8.23. The van der Waals surface area contributed by atoms with Crippen LogP contribution in [0.4, 0.5) is 0 Å². The van der Waals surface area contributed by atoms with E-state index in [9.17, 15) is 9.59 Å². The summed E-state index contributed by atoms with van der Waals surface area (Å²) < 4.78 is 0. The van der Waals surface area contributed by atoms with E-state index >= 15 is 0 Å². The molecule has 3 aliphatic carbocycles. The monoisotopic (exact) mass is 203 g/mol. The van der Waals surface area contributed by atoms with Gasteiger partial charge in [-0.05, 0) is 31.1 Å². The van der Waals surface area contributed by atoms with Crippen molar-refractivity contribution in [2.45, 2.75) is 25.7 Å². The lowest BCUT2D eigenvalue weighted by molar-refractivity contribution is -0.133. The van der Waals surface area contributed by atoms with Crippen LogP contribution in [0.5, 0.6) is 0 Å². The zero-order chi connectivity index (χ0) is 10.3. The van der Waals surface area contributed by atoms with Crippen molar-refractivity contribution in [2.75, 3.05) is 0 Å². The molecule has 4 atom stereocenters. The molecule has 4 rings (SSSR count). The summed E-state index contributed by atoms with van der Waals surface area (Å²) >= 11 is 0. The van der Waals surface area contributed by atoms with Crippen molar-refractivity contribution >= 4 is 11.8 Å². The van der Waals surface area contributed by atoms with Gasteiger partial charge in [0.15, 0.2) is 0 Å². The van der Waals surface area contributed by atoms with Gasteiger partial charge in [0.05, 0.1) is 10.8 Å². The van der Waals surface area contributed by atoms with Crippen molar-refractivity contribution in [3.05, 3.63) is 12.2 Å². The summed E-state index contributed by atoms with van der Waals surface area (Å²) in [6.45, 7) is 0. The summed E-state index contributed by atoms with van der Waals surface area (Å²) in [7, 11) is 0. The van der Waals surface area contributed by atoms with Gasteiger partial charge in [-0.3, -0.25) is 14.9 Å². The minimum atomic E-state index is -0.344. The Hall–Kier alpha value is -1.12. The number of carbonyl (C=O) groups excluding carboxylic acids is 2. The summed E-state index contributed by atoms with van der Waals surface area (Å²) in [5, 5.41) is 2.59. The minimum Gasteiger partial charge on any atom is -0.295 e. The Morgan fingerprint density at radius 3 is 2.13 bits per heavy atom. The Kier molecular flexibility index (Phi) is 1.10. The van der Waals surface area contributed by atoms with E-state index < -0.39 is 0 Å². The molecule has 0 radical (unpaired) electrons. The van der Waals surface area contributed by atoms with Crippen LogP contribution in [0.3, 0.4) is 0 Å². The first-order valence-corrected chi connectivity index (χ1v) is 5.76. The maximum absolute atomic E-state index is 12.1. The van der Waals surface area contributed by atoms with Gasteiger partial charge in [0, 0.05) is 0 Å². The number of imide groups is 1. The average molecular weight is 203 g/mol. The van der Waals surface area contributed by atoms with Crippen LogP contribution in [-0.4, -0.2) is 11.8 Å². The van der Waals surface area contributed by atoms with E-state index in [2.05, 4.69) is 17.5 Å². The Morgan fingerprint density at radius 2 is 1.60 bits per heavy atom. The fraction of sp³-hybridized carbons (Fsp3) is 0.667. The second kappa shape index (κ2) is 2.04. The first-order valence-electron chi connectivity index (χ1n) is 5.76. The average Bonchev–Trinajstić information content (AvgIpc) is 2.89. The van der Waals surface area contributed by atoms with Crippen LogP contribution in [0.2, 0.25) is 0 Å². The molecule has 3 fully saturated rings. The van der Waals surface area contributed by atoms with Gasteiger partial charge in [-0.25, -0.2) is 0 Å². The van der Waals surface area contributed by atoms with Gasteiger partial charge in [-0.1, -0.05) is 18.6 Å². The minimum absolute atomic E-state index is 0.0156. The van der Waals surface area contributed by atoms with Gasteiger partial charge in [0.1, 0.15) is 0 Å². The maximum atomic E-state index is 12.1. The Labute approximate surface area is 87.9 Å². The van der Waals surface area contributed by atoms with Crippen molar-refractivity contribution in [2.24, 2.45) is 22.7 Å². The molecule has 0 aromatic carbocycles. The van der Waals surface area contributed by atoms with E-state index in [4.69, 9.17) is 0 Å². The summed E-state index contributed by atoms with van der Waals surface area (Å²) in [5.41, 5.74) is -0.687. The van der Waals surface area contributed by atoms with Gasteiger partial charge in [-0.2, -0.15) is 0 Å².